The van der Waals surface area contributed by atoms with E-state index in [1.807, 2.05) is 30.3 Å². The third-order valence-corrected chi connectivity index (χ3v) is 4.59. The third kappa shape index (κ3) is 4.36. The Hall–Kier alpha value is -2.41. The van der Waals surface area contributed by atoms with Crippen molar-refractivity contribution < 1.29 is 19.1 Å². The Morgan fingerprint density at radius 1 is 1.24 bits per heavy atom. The van der Waals surface area contributed by atoms with E-state index in [2.05, 4.69) is 5.32 Å². The lowest BCUT2D eigenvalue weighted by Crippen LogP contribution is -2.56. The highest BCUT2D eigenvalue weighted by molar-refractivity contribution is 5.87. The summed E-state index contributed by atoms with van der Waals surface area (Å²) in [6.45, 7) is 2.90. The number of ether oxygens (including phenoxy) is 1. The van der Waals surface area contributed by atoms with Crippen molar-refractivity contribution in [2.75, 3.05) is 26.2 Å². The lowest BCUT2D eigenvalue weighted by Gasteiger charge is -2.36. The number of rotatable bonds is 5. The summed E-state index contributed by atoms with van der Waals surface area (Å²) in [6.07, 6.45) is 0.681. The molecule has 0 spiro atoms. The van der Waals surface area contributed by atoms with Gasteiger partial charge in [-0.15, -0.1) is 0 Å². The molecular formula is C18H23N3O4. The highest BCUT2D eigenvalue weighted by atomic mass is 16.5. The lowest BCUT2D eigenvalue weighted by molar-refractivity contribution is -0.149. The van der Waals surface area contributed by atoms with Gasteiger partial charge in [-0.3, -0.25) is 14.4 Å². The minimum absolute atomic E-state index is 0.0313. The highest BCUT2D eigenvalue weighted by Crippen LogP contribution is 2.23. The van der Waals surface area contributed by atoms with Gasteiger partial charge in [0.15, 0.2) is 0 Å². The summed E-state index contributed by atoms with van der Waals surface area (Å²) in [6, 6.07) is 9.58. The molecule has 0 aromatic heterocycles. The molecule has 1 aromatic rings. The van der Waals surface area contributed by atoms with E-state index >= 15 is 0 Å². The van der Waals surface area contributed by atoms with Gasteiger partial charge < -0.3 is 19.9 Å². The van der Waals surface area contributed by atoms with Gasteiger partial charge in [-0.25, -0.2) is 0 Å². The minimum Gasteiger partial charge on any atom is -0.367 e. The fourth-order valence-corrected chi connectivity index (χ4v) is 3.47. The average Bonchev–Trinajstić information content (AvgIpc) is 2.98. The summed E-state index contributed by atoms with van der Waals surface area (Å²) in [7, 11) is 0. The van der Waals surface area contributed by atoms with Crippen LogP contribution in [0.5, 0.6) is 0 Å². The molecule has 2 aliphatic rings. The number of hydrogen-bond donors (Lipinski definition) is 1. The smallest absolute Gasteiger partial charge is 0.249 e. The molecule has 3 amide bonds. The minimum atomic E-state index is -0.174. The maximum absolute atomic E-state index is 12.3. The van der Waals surface area contributed by atoms with Gasteiger partial charge in [0.2, 0.25) is 17.7 Å². The quantitative estimate of drug-likeness (QED) is 0.824. The molecule has 1 N–H and O–H groups in total. The van der Waals surface area contributed by atoms with Crippen molar-refractivity contribution in [1.29, 1.82) is 0 Å². The molecule has 0 radical (unpaired) electrons. The Morgan fingerprint density at radius 3 is 2.72 bits per heavy atom. The molecular weight excluding hydrogens is 322 g/mol. The van der Waals surface area contributed by atoms with E-state index in [4.69, 9.17) is 4.74 Å². The van der Waals surface area contributed by atoms with Crippen LogP contribution in [0.15, 0.2) is 30.3 Å². The molecule has 3 rings (SSSR count). The predicted molar refractivity (Wildman–Crippen MR) is 90.4 cm³/mol. The van der Waals surface area contributed by atoms with Crippen LogP contribution in [-0.4, -0.2) is 65.8 Å². The molecule has 0 bridgehead atoms. The van der Waals surface area contributed by atoms with Gasteiger partial charge in [0, 0.05) is 26.1 Å². The monoisotopic (exact) mass is 345 g/mol. The van der Waals surface area contributed by atoms with Crippen LogP contribution in [0.25, 0.3) is 0 Å². The van der Waals surface area contributed by atoms with Gasteiger partial charge in [0.05, 0.1) is 19.2 Å². The van der Waals surface area contributed by atoms with Crippen molar-refractivity contribution in [3.63, 3.8) is 0 Å². The second kappa shape index (κ2) is 7.65. The van der Waals surface area contributed by atoms with Crippen molar-refractivity contribution in [2.24, 2.45) is 0 Å². The number of carbonyl (C=O) groups is 3. The van der Waals surface area contributed by atoms with E-state index in [-0.39, 0.29) is 43.0 Å². The number of carbonyl (C=O) groups excluding carboxylic acids is 3. The summed E-state index contributed by atoms with van der Waals surface area (Å²) >= 11 is 0. The molecule has 1 aromatic carbocycles. The number of nitrogens with zero attached hydrogens (tertiary/aromatic N) is 2. The zero-order valence-corrected chi connectivity index (χ0v) is 14.3. The van der Waals surface area contributed by atoms with Crippen molar-refractivity contribution >= 4 is 17.7 Å². The summed E-state index contributed by atoms with van der Waals surface area (Å²) in [5, 5.41) is 2.85. The van der Waals surface area contributed by atoms with Gasteiger partial charge in [-0.2, -0.15) is 0 Å². The van der Waals surface area contributed by atoms with Gasteiger partial charge in [-0.1, -0.05) is 30.3 Å². The second-order valence-electron chi connectivity index (χ2n) is 6.59. The lowest BCUT2D eigenvalue weighted by atomic mass is 10.1. The van der Waals surface area contributed by atoms with E-state index in [1.165, 1.54) is 6.92 Å². The van der Waals surface area contributed by atoms with Crippen molar-refractivity contribution in [2.45, 2.75) is 32.0 Å². The van der Waals surface area contributed by atoms with Gasteiger partial charge in [0.1, 0.15) is 6.61 Å². The average molecular weight is 345 g/mol. The number of fused-ring (bicyclic) bond motifs is 1. The molecule has 2 aliphatic heterocycles. The first-order valence-corrected chi connectivity index (χ1v) is 8.49. The molecule has 2 saturated heterocycles. The summed E-state index contributed by atoms with van der Waals surface area (Å²) in [5.74, 6) is -0.341. The first-order chi connectivity index (χ1) is 12.0. The van der Waals surface area contributed by atoms with Crippen LogP contribution in [0.1, 0.15) is 18.9 Å². The molecule has 134 valence electrons. The first-order valence-electron chi connectivity index (χ1n) is 8.49. The van der Waals surface area contributed by atoms with E-state index in [0.29, 0.717) is 26.1 Å². The molecule has 25 heavy (non-hydrogen) atoms. The molecule has 0 saturated carbocycles. The normalized spacial score (nSPS) is 22.7. The Morgan fingerprint density at radius 2 is 2.00 bits per heavy atom. The maximum Gasteiger partial charge on any atom is 0.249 e. The Labute approximate surface area is 146 Å². The SMILES string of the molecule is CC(=O)N[C@H]1C[C@H]2CN(C(=O)COCc3ccccc3)CC(=O)N2C1. The van der Waals surface area contributed by atoms with Crippen molar-refractivity contribution in [3.8, 4) is 0 Å². The number of piperazine rings is 1. The van der Waals surface area contributed by atoms with Crippen LogP contribution in [0.3, 0.4) is 0 Å². The molecule has 2 fully saturated rings. The molecule has 2 atom stereocenters. The number of hydrogen-bond acceptors (Lipinski definition) is 4. The van der Waals surface area contributed by atoms with E-state index in [1.54, 1.807) is 9.80 Å². The maximum atomic E-state index is 12.3. The summed E-state index contributed by atoms with van der Waals surface area (Å²) in [4.78, 5) is 39.2. The van der Waals surface area contributed by atoms with Crippen LogP contribution < -0.4 is 5.32 Å². The Kier molecular flexibility index (Phi) is 5.33. The van der Waals surface area contributed by atoms with Crippen molar-refractivity contribution in [3.05, 3.63) is 35.9 Å². The fraction of sp³-hybridized carbons (Fsp3) is 0.500. The number of nitrogens with one attached hydrogen (secondary N) is 1. The predicted octanol–water partition coefficient (Wildman–Crippen LogP) is 0.151. The first kappa shape index (κ1) is 17.4. The van der Waals surface area contributed by atoms with Crippen LogP contribution in [0.2, 0.25) is 0 Å². The van der Waals surface area contributed by atoms with E-state index in [9.17, 15) is 14.4 Å². The molecule has 7 heteroatoms. The van der Waals surface area contributed by atoms with Crippen LogP contribution in [0, 0.1) is 0 Å². The van der Waals surface area contributed by atoms with Crippen LogP contribution >= 0.6 is 0 Å². The zero-order valence-electron chi connectivity index (χ0n) is 14.3. The van der Waals surface area contributed by atoms with Crippen LogP contribution in [0.4, 0.5) is 0 Å². The molecule has 0 unspecified atom stereocenters. The molecule has 0 aliphatic carbocycles. The summed E-state index contributed by atoms with van der Waals surface area (Å²) in [5.41, 5.74) is 1.00. The highest BCUT2D eigenvalue weighted by Gasteiger charge is 2.41. The van der Waals surface area contributed by atoms with E-state index in [0.717, 1.165) is 5.56 Å². The third-order valence-electron chi connectivity index (χ3n) is 4.59. The Balaban J connectivity index is 1.49. The number of amides is 3. The fourth-order valence-electron chi connectivity index (χ4n) is 3.47. The van der Waals surface area contributed by atoms with Gasteiger partial charge in [0.25, 0.3) is 0 Å². The van der Waals surface area contributed by atoms with Crippen LogP contribution in [-0.2, 0) is 25.7 Å². The van der Waals surface area contributed by atoms with Gasteiger partial charge in [-0.05, 0) is 12.0 Å². The largest absolute Gasteiger partial charge is 0.367 e. The number of benzene rings is 1. The van der Waals surface area contributed by atoms with Gasteiger partial charge >= 0.3 is 0 Å². The molecule has 7 nitrogen and oxygen atoms in total. The summed E-state index contributed by atoms with van der Waals surface area (Å²) < 4.78 is 5.48. The van der Waals surface area contributed by atoms with Crippen molar-refractivity contribution in [1.82, 2.24) is 15.1 Å². The second-order valence-corrected chi connectivity index (χ2v) is 6.59. The molecule has 2 heterocycles. The van der Waals surface area contributed by atoms with E-state index < -0.39 is 0 Å². The Bertz CT molecular complexity index is 649. The standard InChI is InChI=1S/C18H23N3O4/c1-13(22)19-15-7-16-9-20(10-17(23)21(16)8-15)18(24)12-25-11-14-5-3-2-4-6-14/h2-6,15-16H,7-12H2,1H3,(H,19,22)/t15-,16-/m0/s1. The zero-order chi connectivity index (χ0) is 17.8. The topological polar surface area (TPSA) is 79.0 Å².